The normalized spacial score (nSPS) is 12.2. The van der Waals surface area contributed by atoms with Crippen LogP contribution >= 0.6 is 23.2 Å². The number of hydrogen-bond acceptors (Lipinski definition) is 3. The first-order valence-electron chi connectivity index (χ1n) is 5.09. The van der Waals surface area contributed by atoms with Gasteiger partial charge in [0.05, 0.1) is 5.02 Å². The fourth-order valence-corrected chi connectivity index (χ4v) is 1.90. The molecule has 1 aromatic carbocycles. The predicted octanol–water partition coefficient (Wildman–Crippen LogP) is 1.75. The lowest BCUT2D eigenvalue weighted by atomic mass is 10.1. The smallest absolute Gasteiger partial charge is 0.258 e. The van der Waals surface area contributed by atoms with Crippen LogP contribution in [0.1, 0.15) is 12.5 Å². The molecule has 0 heterocycles. The van der Waals surface area contributed by atoms with Gasteiger partial charge < -0.3 is 16.2 Å². The Morgan fingerprint density at radius 1 is 1.47 bits per heavy atom. The van der Waals surface area contributed by atoms with Gasteiger partial charge in [-0.2, -0.15) is 0 Å². The molecule has 0 spiro atoms. The van der Waals surface area contributed by atoms with Crippen LogP contribution in [0, 0.1) is 0 Å². The van der Waals surface area contributed by atoms with Crippen molar-refractivity contribution in [2.45, 2.75) is 19.4 Å². The highest BCUT2D eigenvalue weighted by atomic mass is 35.5. The molecule has 0 aliphatic rings. The van der Waals surface area contributed by atoms with Crippen molar-refractivity contribution in [2.24, 2.45) is 11.5 Å². The van der Waals surface area contributed by atoms with Gasteiger partial charge in [0.25, 0.3) is 5.91 Å². The van der Waals surface area contributed by atoms with Gasteiger partial charge >= 0.3 is 0 Å². The Hall–Kier alpha value is -0.970. The highest BCUT2D eigenvalue weighted by Gasteiger charge is 2.16. The van der Waals surface area contributed by atoms with Crippen LogP contribution in [-0.2, 0) is 11.2 Å². The molecule has 0 radical (unpaired) electrons. The monoisotopic (exact) mass is 276 g/mol. The van der Waals surface area contributed by atoms with E-state index in [1.54, 1.807) is 19.1 Å². The van der Waals surface area contributed by atoms with E-state index in [9.17, 15) is 4.79 Å². The molecular weight excluding hydrogens is 263 g/mol. The number of halogens is 2. The molecule has 94 valence electrons. The van der Waals surface area contributed by atoms with E-state index in [1.165, 1.54) is 0 Å². The minimum atomic E-state index is -0.759. The maximum absolute atomic E-state index is 11.0. The van der Waals surface area contributed by atoms with Gasteiger partial charge in [0, 0.05) is 5.02 Å². The van der Waals surface area contributed by atoms with Crippen LogP contribution < -0.4 is 16.2 Å². The maximum Gasteiger partial charge on any atom is 0.258 e. The molecule has 4 nitrogen and oxygen atoms in total. The van der Waals surface area contributed by atoms with E-state index in [4.69, 9.17) is 39.4 Å². The number of ether oxygens (including phenoxy) is 1. The lowest BCUT2D eigenvalue weighted by Crippen LogP contribution is -2.31. The molecule has 0 aliphatic carbocycles. The standard InChI is InChI=1S/C11H14Cl2N2O2/c1-6(11(15)16)17-10-7(2-3-14)4-8(12)5-9(10)13/h4-6H,2-3,14H2,1H3,(H2,15,16). The Labute approximate surface area is 110 Å². The van der Waals surface area contributed by atoms with Crippen LogP contribution in [0.4, 0.5) is 0 Å². The summed E-state index contributed by atoms with van der Waals surface area (Å²) < 4.78 is 5.42. The van der Waals surface area contributed by atoms with Crippen molar-refractivity contribution in [3.63, 3.8) is 0 Å². The van der Waals surface area contributed by atoms with Crippen molar-refractivity contribution in [3.05, 3.63) is 27.7 Å². The lowest BCUT2D eigenvalue weighted by Gasteiger charge is -2.16. The molecule has 17 heavy (non-hydrogen) atoms. The second-order valence-electron chi connectivity index (χ2n) is 3.58. The van der Waals surface area contributed by atoms with E-state index in [2.05, 4.69) is 0 Å². The van der Waals surface area contributed by atoms with Gasteiger partial charge in [-0.1, -0.05) is 23.2 Å². The quantitative estimate of drug-likeness (QED) is 0.860. The van der Waals surface area contributed by atoms with Crippen molar-refractivity contribution in [2.75, 3.05) is 6.54 Å². The largest absolute Gasteiger partial charge is 0.479 e. The van der Waals surface area contributed by atoms with E-state index in [-0.39, 0.29) is 0 Å². The average Bonchev–Trinajstić information content (AvgIpc) is 2.23. The van der Waals surface area contributed by atoms with Gasteiger partial charge in [-0.05, 0) is 37.6 Å². The number of carbonyl (C=O) groups is 1. The van der Waals surface area contributed by atoms with Crippen molar-refractivity contribution in [3.8, 4) is 5.75 Å². The topological polar surface area (TPSA) is 78.3 Å². The van der Waals surface area contributed by atoms with E-state index in [0.29, 0.717) is 28.8 Å². The summed E-state index contributed by atoms with van der Waals surface area (Å²) in [6, 6.07) is 3.26. The number of nitrogens with two attached hydrogens (primary N) is 2. The summed E-state index contributed by atoms with van der Waals surface area (Å²) in [5.41, 5.74) is 11.4. The minimum absolute atomic E-state index is 0.342. The number of benzene rings is 1. The molecule has 0 bridgehead atoms. The van der Waals surface area contributed by atoms with Crippen LogP contribution in [0.3, 0.4) is 0 Å². The molecule has 1 rings (SSSR count). The first kappa shape index (κ1) is 14.1. The summed E-state index contributed by atoms with van der Waals surface area (Å²) in [7, 11) is 0. The lowest BCUT2D eigenvalue weighted by molar-refractivity contribution is -0.123. The maximum atomic E-state index is 11.0. The zero-order chi connectivity index (χ0) is 13.0. The van der Waals surface area contributed by atoms with Crippen LogP contribution in [0.15, 0.2) is 12.1 Å². The van der Waals surface area contributed by atoms with E-state index >= 15 is 0 Å². The zero-order valence-corrected chi connectivity index (χ0v) is 10.9. The molecule has 0 aliphatic heterocycles. The van der Waals surface area contributed by atoms with E-state index in [1.807, 2.05) is 0 Å². The zero-order valence-electron chi connectivity index (χ0n) is 9.37. The first-order chi connectivity index (χ1) is 7.95. The van der Waals surface area contributed by atoms with Crippen LogP contribution in [0.5, 0.6) is 5.75 Å². The Morgan fingerprint density at radius 2 is 2.12 bits per heavy atom. The molecule has 6 heteroatoms. The second kappa shape index (κ2) is 6.10. The molecule has 1 aromatic rings. The highest BCUT2D eigenvalue weighted by molar-refractivity contribution is 6.35. The molecular formula is C11H14Cl2N2O2. The summed E-state index contributed by atoms with van der Waals surface area (Å²) in [6.07, 6.45) is -0.202. The molecule has 4 N–H and O–H groups in total. The van der Waals surface area contributed by atoms with Crippen LogP contribution in [-0.4, -0.2) is 18.6 Å². The summed E-state index contributed by atoms with van der Waals surface area (Å²) in [6.45, 7) is 1.98. The molecule has 0 saturated carbocycles. The molecule has 0 aromatic heterocycles. The number of amides is 1. The fraction of sp³-hybridized carbons (Fsp3) is 0.364. The Bertz CT molecular complexity index is 424. The van der Waals surface area contributed by atoms with E-state index in [0.717, 1.165) is 5.56 Å². The third kappa shape index (κ3) is 3.77. The van der Waals surface area contributed by atoms with E-state index < -0.39 is 12.0 Å². The highest BCUT2D eigenvalue weighted by Crippen LogP contribution is 2.33. The fourth-order valence-electron chi connectivity index (χ4n) is 1.32. The van der Waals surface area contributed by atoms with Crippen LogP contribution in [0.25, 0.3) is 0 Å². The van der Waals surface area contributed by atoms with Gasteiger partial charge in [-0.15, -0.1) is 0 Å². The number of carbonyl (C=O) groups excluding carboxylic acids is 1. The minimum Gasteiger partial charge on any atom is -0.479 e. The van der Waals surface area contributed by atoms with Gasteiger partial charge in [0.15, 0.2) is 6.10 Å². The Morgan fingerprint density at radius 3 is 2.65 bits per heavy atom. The molecule has 1 unspecified atom stereocenters. The second-order valence-corrected chi connectivity index (χ2v) is 4.42. The van der Waals surface area contributed by atoms with Gasteiger partial charge in [0.2, 0.25) is 0 Å². The van der Waals surface area contributed by atoms with Crippen molar-refractivity contribution < 1.29 is 9.53 Å². The van der Waals surface area contributed by atoms with Crippen molar-refractivity contribution >= 4 is 29.1 Å². The van der Waals surface area contributed by atoms with Gasteiger partial charge in [-0.3, -0.25) is 4.79 Å². The molecule has 1 amide bonds. The summed E-state index contributed by atoms with van der Waals surface area (Å²) in [4.78, 5) is 11.0. The van der Waals surface area contributed by atoms with Gasteiger partial charge in [0.1, 0.15) is 5.75 Å². The molecule has 0 fully saturated rings. The first-order valence-corrected chi connectivity index (χ1v) is 5.85. The summed E-state index contributed by atoms with van der Waals surface area (Å²) in [5.74, 6) is -0.150. The third-order valence-corrected chi connectivity index (χ3v) is 2.69. The molecule has 1 atom stereocenters. The number of primary amides is 1. The van der Waals surface area contributed by atoms with Gasteiger partial charge in [-0.25, -0.2) is 0 Å². The van der Waals surface area contributed by atoms with Crippen molar-refractivity contribution in [1.82, 2.24) is 0 Å². The SMILES string of the molecule is CC(Oc1c(Cl)cc(Cl)cc1CCN)C(N)=O. The Balaban J connectivity index is 3.07. The average molecular weight is 277 g/mol. The summed E-state index contributed by atoms with van der Waals surface area (Å²) in [5, 5.41) is 0.839. The van der Waals surface area contributed by atoms with Crippen molar-refractivity contribution in [1.29, 1.82) is 0 Å². The third-order valence-electron chi connectivity index (χ3n) is 2.19. The summed E-state index contributed by atoms with van der Waals surface area (Å²) >= 11 is 11.9. The number of hydrogen-bond donors (Lipinski definition) is 2. The Kier molecular flexibility index (Phi) is 5.05. The van der Waals surface area contributed by atoms with Crippen LogP contribution in [0.2, 0.25) is 10.0 Å². The number of rotatable bonds is 5. The predicted molar refractivity (Wildman–Crippen MR) is 68.5 cm³/mol. The molecule has 0 saturated heterocycles.